The molecule has 1 N–H and O–H groups in total. The van der Waals surface area contributed by atoms with Crippen LogP contribution in [0.3, 0.4) is 0 Å². The van der Waals surface area contributed by atoms with Crippen LogP contribution in [0, 0.1) is 0 Å². The molecule has 0 aliphatic rings. The molecule has 0 saturated carbocycles. The highest BCUT2D eigenvalue weighted by Crippen LogP contribution is 2.29. The lowest BCUT2D eigenvalue weighted by molar-refractivity contribution is -0.140. The first-order valence-corrected chi connectivity index (χ1v) is 11.9. The summed E-state index contributed by atoms with van der Waals surface area (Å²) in [5, 5.41) is 3.53. The smallest absolute Gasteiger partial charge is 0.242 e. The van der Waals surface area contributed by atoms with Crippen LogP contribution in [-0.4, -0.2) is 42.0 Å². The van der Waals surface area contributed by atoms with Crippen LogP contribution >= 0.6 is 11.6 Å². The molecule has 0 aliphatic carbocycles. The summed E-state index contributed by atoms with van der Waals surface area (Å²) >= 11 is 6.00. The maximum atomic E-state index is 13.3. The molecule has 180 valence electrons. The summed E-state index contributed by atoms with van der Waals surface area (Å²) in [6.45, 7) is 10.8. The number of rotatable bonds is 12. The van der Waals surface area contributed by atoms with Gasteiger partial charge < -0.3 is 19.7 Å². The van der Waals surface area contributed by atoms with Gasteiger partial charge in [-0.25, -0.2) is 0 Å². The summed E-state index contributed by atoms with van der Waals surface area (Å²) in [5.74, 6) is 1.10. The van der Waals surface area contributed by atoms with Gasteiger partial charge in [-0.1, -0.05) is 29.8 Å². The van der Waals surface area contributed by atoms with Crippen molar-refractivity contribution in [2.45, 2.75) is 66.1 Å². The predicted octanol–water partition coefficient (Wildman–Crippen LogP) is 5.01. The van der Waals surface area contributed by atoms with E-state index in [0.717, 1.165) is 11.1 Å². The van der Waals surface area contributed by atoms with Gasteiger partial charge in [0.1, 0.15) is 6.04 Å². The van der Waals surface area contributed by atoms with E-state index in [2.05, 4.69) is 5.32 Å². The summed E-state index contributed by atoms with van der Waals surface area (Å²) in [7, 11) is 0. The molecule has 0 heterocycles. The van der Waals surface area contributed by atoms with E-state index in [1.54, 1.807) is 24.0 Å². The lowest BCUT2D eigenvalue weighted by Gasteiger charge is -2.29. The number of nitrogens with one attached hydrogen (secondary N) is 1. The largest absolute Gasteiger partial charge is 0.490 e. The van der Waals surface area contributed by atoms with Gasteiger partial charge in [0.2, 0.25) is 11.8 Å². The van der Waals surface area contributed by atoms with Gasteiger partial charge in [-0.2, -0.15) is 0 Å². The molecular formula is C26H35ClN2O4. The van der Waals surface area contributed by atoms with Crippen molar-refractivity contribution in [1.29, 1.82) is 0 Å². The maximum absolute atomic E-state index is 13.3. The monoisotopic (exact) mass is 474 g/mol. The minimum absolute atomic E-state index is 0.00623. The number of amides is 2. The van der Waals surface area contributed by atoms with Gasteiger partial charge in [-0.15, -0.1) is 0 Å². The van der Waals surface area contributed by atoms with Crippen molar-refractivity contribution >= 4 is 23.4 Å². The Balaban J connectivity index is 2.17. The van der Waals surface area contributed by atoms with Crippen LogP contribution in [-0.2, 0) is 22.6 Å². The van der Waals surface area contributed by atoms with Crippen LogP contribution < -0.4 is 14.8 Å². The van der Waals surface area contributed by atoms with E-state index in [4.69, 9.17) is 21.1 Å². The Hall–Kier alpha value is -2.73. The summed E-state index contributed by atoms with van der Waals surface area (Å²) in [5.41, 5.74) is 1.89. The lowest BCUT2D eigenvalue weighted by Crippen LogP contribution is -2.49. The Labute approximate surface area is 202 Å². The van der Waals surface area contributed by atoms with Crippen LogP contribution in [0.2, 0.25) is 5.02 Å². The minimum atomic E-state index is -0.602. The molecule has 33 heavy (non-hydrogen) atoms. The average molecular weight is 475 g/mol. The molecule has 0 bridgehead atoms. The van der Waals surface area contributed by atoms with Crippen molar-refractivity contribution in [3.8, 4) is 11.5 Å². The van der Waals surface area contributed by atoms with Crippen molar-refractivity contribution in [2.24, 2.45) is 0 Å². The van der Waals surface area contributed by atoms with Crippen LogP contribution in [0.1, 0.15) is 52.2 Å². The molecule has 0 spiro atoms. The quantitative estimate of drug-likeness (QED) is 0.469. The summed E-state index contributed by atoms with van der Waals surface area (Å²) < 4.78 is 11.3. The summed E-state index contributed by atoms with van der Waals surface area (Å²) in [6.07, 6.45) is 0.799. The first-order chi connectivity index (χ1) is 15.7. The summed E-state index contributed by atoms with van der Waals surface area (Å²) in [6, 6.07) is 12.4. The third kappa shape index (κ3) is 8.28. The molecule has 0 aromatic heterocycles. The molecule has 0 radical (unpaired) electrons. The number of ether oxygens (including phenoxy) is 2. The zero-order valence-electron chi connectivity index (χ0n) is 20.2. The number of hydrogen-bond donors (Lipinski definition) is 1. The third-order valence-corrected chi connectivity index (χ3v) is 5.35. The van der Waals surface area contributed by atoms with Crippen molar-refractivity contribution in [3.05, 3.63) is 58.6 Å². The standard InChI is InChI=1S/C26H35ClN2O4/c1-6-32-23-14-10-20(16-24(23)33-7-2)11-15-25(30)29(19(5)26(31)28-18(3)4)17-21-8-12-22(27)13-9-21/h8-10,12-14,16,18-19H,6-7,11,15,17H2,1-5H3,(H,28,31)/t19-/m1/s1. The topological polar surface area (TPSA) is 67.9 Å². The number of benzene rings is 2. The van der Waals surface area contributed by atoms with Crippen LogP contribution in [0.5, 0.6) is 11.5 Å². The van der Waals surface area contributed by atoms with Crippen LogP contribution in [0.4, 0.5) is 0 Å². The second-order valence-corrected chi connectivity index (χ2v) is 8.57. The molecular weight excluding hydrogens is 440 g/mol. The molecule has 0 aliphatic heterocycles. The normalized spacial score (nSPS) is 11.7. The maximum Gasteiger partial charge on any atom is 0.242 e. The number of nitrogens with zero attached hydrogens (tertiary/aromatic N) is 1. The zero-order chi connectivity index (χ0) is 24.4. The number of carbonyl (C=O) groups excluding carboxylic acids is 2. The lowest BCUT2D eigenvalue weighted by atomic mass is 10.1. The molecule has 2 rings (SSSR count). The molecule has 0 fully saturated rings. The Morgan fingerprint density at radius 3 is 2.15 bits per heavy atom. The Kier molecular flexibility index (Phi) is 10.5. The second kappa shape index (κ2) is 13.1. The first kappa shape index (κ1) is 26.5. The number of carbonyl (C=O) groups is 2. The second-order valence-electron chi connectivity index (χ2n) is 8.13. The number of hydrogen-bond acceptors (Lipinski definition) is 4. The average Bonchev–Trinajstić information content (AvgIpc) is 2.78. The van der Waals surface area contributed by atoms with Crippen LogP contribution in [0.15, 0.2) is 42.5 Å². The summed E-state index contributed by atoms with van der Waals surface area (Å²) in [4.78, 5) is 27.6. The molecule has 0 saturated heterocycles. The van der Waals surface area contributed by atoms with Crippen molar-refractivity contribution in [3.63, 3.8) is 0 Å². The predicted molar refractivity (Wildman–Crippen MR) is 132 cm³/mol. The number of halogens is 1. The highest BCUT2D eigenvalue weighted by atomic mass is 35.5. The van der Waals surface area contributed by atoms with Gasteiger partial charge >= 0.3 is 0 Å². The van der Waals surface area contributed by atoms with E-state index in [0.29, 0.717) is 42.7 Å². The van der Waals surface area contributed by atoms with Gasteiger partial charge in [0.05, 0.1) is 13.2 Å². The fourth-order valence-electron chi connectivity index (χ4n) is 3.42. The zero-order valence-corrected chi connectivity index (χ0v) is 20.9. The van der Waals surface area contributed by atoms with Gasteiger partial charge in [0, 0.05) is 24.0 Å². The fourth-order valence-corrected chi connectivity index (χ4v) is 3.55. The van der Waals surface area contributed by atoms with E-state index in [-0.39, 0.29) is 24.3 Å². The van der Waals surface area contributed by atoms with Gasteiger partial charge in [-0.3, -0.25) is 9.59 Å². The minimum Gasteiger partial charge on any atom is -0.490 e. The molecule has 2 amide bonds. The SMILES string of the molecule is CCOc1ccc(CCC(=O)N(Cc2ccc(Cl)cc2)[C@H](C)C(=O)NC(C)C)cc1OCC. The Bertz CT molecular complexity index is 915. The third-order valence-electron chi connectivity index (χ3n) is 5.10. The van der Waals surface area contributed by atoms with E-state index >= 15 is 0 Å². The molecule has 6 nitrogen and oxygen atoms in total. The van der Waals surface area contributed by atoms with Gasteiger partial charge in [-0.05, 0) is 76.4 Å². The van der Waals surface area contributed by atoms with E-state index in [1.807, 2.05) is 58.0 Å². The fraction of sp³-hybridized carbons (Fsp3) is 0.462. The van der Waals surface area contributed by atoms with E-state index in [1.165, 1.54) is 0 Å². The van der Waals surface area contributed by atoms with Gasteiger partial charge in [0.25, 0.3) is 0 Å². The first-order valence-electron chi connectivity index (χ1n) is 11.5. The van der Waals surface area contributed by atoms with Crippen molar-refractivity contribution in [1.82, 2.24) is 10.2 Å². The van der Waals surface area contributed by atoms with Crippen molar-refractivity contribution in [2.75, 3.05) is 13.2 Å². The van der Waals surface area contributed by atoms with E-state index in [9.17, 15) is 9.59 Å². The molecule has 7 heteroatoms. The highest BCUT2D eigenvalue weighted by Gasteiger charge is 2.26. The highest BCUT2D eigenvalue weighted by molar-refractivity contribution is 6.30. The molecule has 1 atom stereocenters. The Morgan fingerprint density at radius 1 is 0.939 bits per heavy atom. The van der Waals surface area contributed by atoms with Crippen LogP contribution in [0.25, 0.3) is 0 Å². The number of aryl methyl sites for hydroxylation is 1. The van der Waals surface area contributed by atoms with Gasteiger partial charge in [0.15, 0.2) is 11.5 Å². The molecule has 0 unspecified atom stereocenters. The van der Waals surface area contributed by atoms with E-state index < -0.39 is 6.04 Å². The van der Waals surface area contributed by atoms with Crippen molar-refractivity contribution < 1.29 is 19.1 Å². The Morgan fingerprint density at radius 2 is 1.55 bits per heavy atom. The molecule has 2 aromatic carbocycles. The molecule has 2 aromatic rings.